The fourth-order valence-electron chi connectivity index (χ4n) is 5.54. The Labute approximate surface area is 206 Å². The van der Waals surface area contributed by atoms with Crippen LogP contribution in [0.3, 0.4) is 0 Å². The molecule has 0 saturated carbocycles. The van der Waals surface area contributed by atoms with E-state index in [1.165, 1.54) is 29.2 Å². The molecule has 0 amide bonds. The molecule has 0 atom stereocenters. The fraction of sp³-hybridized carbons (Fsp3) is 0.400. The Morgan fingerprint density at radius 1 is 0.469 bits per heavy atom. The van der Waals surface area contributed by atoms with Gasteiger partial charge in [-0.3, -0.25) is 0 Å². The predicted octanol–water partition coefficient (Wildman–Crippen LogP) is 9.64. The molecule has 0 aliphatic rings. The molecule has 32 heavy (non-hydrogen) atoms. The van der Waals surface area contributed by atoms with Gasteiger partial charge in [-0.1, -0.05) is 0 Å². The van der Waals surface area contributed by atoms with E-state index < -0.39 is 17.6 Å². The van der Waals surface area contributed by atoms with Crippen LogP contribution in [0.15, 0.2) is 91.0 Å². The fourth-order valence-corrected chi connectivity index (χ4v) is 43.4. The average molecular weight is 658 g/mol. The van der Waals surface area contributed by atoms with E-state index in [4.69, 9.17) is 0 Å². The SMILES string of the molecule is CC(C)([CH2][Hf]([Br])([CH2]C(C)(C)c1ccccc1)[CH2]C(C)(C)c1ccccc1)c1ccccc1. The van der Waals surface area contributed by atoms with Crippen molar-refractivity contribution in [3.63, 3.8) is 0 Å². The minimum atomic E-state index is -3.01. The van der Waals surface area contributed by atoms with Gasteiger partial charge >= 0.3 is 208 Å². The molecule has 0 bridgehead atoms. The summed E-state index contributed by atoms with van der Waals surface area (Å²) < 4.78 is 3.86. The number of halogens is 1. The van der Waals surface area contributed by atoms with Gasteiger partial charge in [0.2, 0.25) is 0 Å². The summed E-state index contributed by atoms with van der Waals surface area (Å²) in [6.45, 7) is 14.7. The van der Waals surface area contributed by atoms with Crippen LogP contribution in [0, 0.1) is 0 Å². The Morgan fingerprint density at radius 2 is 0.688 bits per heavy atom. The van der Waals surface area contributed by atoms with E-state index in [0.29, 0.717) is 0 Å². The van der Waals surface area contributed by atoms with Crippen molar-refractivity contribution in [2.75, 3.05) is 0 Å². The summed E-state index contributed by atoms with van der Waals surface area (Å²) in [6.07, 6.45) is 0. The van der Waals surface area contributed by atoms with Crippen molar-refractivity contribution in [3.8, 4) is 0 Å². The zero-order chi connectivity index (χ0) is 23.5. The first-order valence-corrected chi connectivity index (χ1v) is 27.3. The number of hydrogen-bond acceptors (Lipinski definition) is 0. The summed E-state index contributed by atoms with van der Waals surface area (Å²) in [5, 5.41) is 0. The molecule has 3 rings (SSSR count). The van der Waals surface area contributed by atoms with Crippen molar-refractivity contribution in [1.82, 2.24) is 0 Å². The predicted molar refractivity (Wildman–Crippen MR) is 142 cm³/mol. The summed E-state index contributed by atoms with van der Waals surface area (Å²) in [5.74, 6) is 0. The number of hydrogen-bond donors (Lipinski definition) is 0. The average Bonchev–Trinajstić information content (AvgIpc) is 2.74. The third kappa shape index (κ3) is 6.54. The molecule has 0 unspecified atom stereocenters. The summed E-state index contributed by atoms with van der Waals surface area (Å²) in [5.41, 5.74) is 4.85. The monoisotopic (exact) mass is 658 g/mol. The first-order valence-electron chi connectivity index (χ1n) is 11.8. The zero-order valence-corrected chi connectivity index (χ0v) is 25.8. The Bertz CT molecular complexity index is 845. The van der Waals surface area contributed by atoms with Crippen LogP contribution < -0.4 is 0 Å². The Kier molecular flexibility index (Phi) is 8.09. The second-order valence-corrected chi connectivity index (χ2v) is 37.3. The van der Waals surface area contributed by atoms with Crippen LogP contribution in [0.2, 0.25) is 12.5 Å². The van der Waals surface area contributed by atoms with E-state index in [-0.39, 0.29) is 16.2 Å². The van der Waals surface area contributed by atoms with Crippen molar-refractivity contribution in [2.24, 2.45) is 0 Å². The molecule has 0 spiro atoms. The van der Waals surface area contributed by atoms with Crippen molar-refractivity contribution < 1.29 is 17.6 Å². The van der Waals surface area contributed by atoms with E-state index in [2.05, 4.69) is 145 Å². The zero-order valence-electron chi connectivity index (χ0n) is 20.7. The molecule has 0 N–H and O–H groups in total. The first-order chi connectivity index (χ1) is 14.9. The van der Waals surface area contributed by atoms with Crippen LogP contribution in [0.4, 0.5) is 0 Å². The van der Waals surface area contributed by atoms with Gasteiger partial charge in [0, 0.05) is 0 Å². The van der Waals surface area contributed by atoms with Gasteiger partial charge in [0.25, 0.3) is 0 Å². The summed E-state index contributed by atoms with van der Waals surface area (Å²) >= 11 is 1.59. The Hall–Kier alpha value is -0.990. The van der Waals surface area contributed by atoms with Gasteiger partial charge in [0.05, 0.1) is 0 Å². The quantitative estimate of drug-likeness (QED) is 0.201. The van der Waals surface area contributed by atoms with Gasteiger partial charge in [0.1, 0.15) is 0 Å². The van der Waals surface area contributed by atoms with E-state index in [9.17, 15) is 0 Å². The molecule has 0 nitrogen and oxygen atoms in total. The van der Waals surface area contributed by atoms with Crippen molar-refractivity contribution in [2.45, 2.75) is 70.3 Å². The molecule has 2 heteroatoms. The Morgan fingerprint density at radius 3 is 0.906 bits per heavy atom. The molecule has 170 valence electrons. The van der Waals surface area contributed by atoms with Gasteiger partial charge in [-0.2, -0.15) is 0 Å². The van der Waals surface area contributed by atoms with Crippen LogP contribution >= 0.6 is 12.3 Å². The van der Waals surface area contributed by atoms with Gasteiger partial charge in [-0.25, -0.2) is 0 Å². The van der Waals surface area contributed by atoms with E-state index in [0.717, 1.165) is 0 Å². The molecule has 0 saturated heterocycles. The van der Waals surface area contributed by atoms with Gasteiger partial charge in [-0.05, 0) is 0 Å². The number of rotatable bonds is 9. The van der Waals surface area contributed by atoms with Crippen LogP contribution in [-0.4, -0.2) is 0 Å². The molecule has 0 aliphatic heterocycles. The second-order valence-electron chi connectivity index (χ2n) is 11.4. The molecule has 0 heterocycles. The second kappa shape index (κ2) is 10.1. The van der Waals surface area contributed by atoms with Crippen molar-refractivity contribution in [3.05, 3.63) is 108 Å². The molecule has 0 fully saturated rings. The Balaban J connectivity index is 1.98. The summed E-state index contributed by atoms with van der Waals surface area (Å²) in [6, 6.07) is 33.4. The van der Waals surface area contributed by atoms with E-state index >= 15 is 0 Å². The van der Waals surface area contributed by atoms with Gasteiger partial charge in [-0.15, -0.1) is 0 Å². The number of benzene rings is 3. The molecule has 3 aromatic rings. The van der Waals surface area contributed by atoms with Crippen molar-refractivity contribution >= 4 is 12.3 Å². The van der Waals surface area contributed by atoms with E-state index in [1.54, 1.807) is 0 Å². The van der Waals surface area contributed by atoms with Crippen LogP contribution in [-0.2, 0) is 33.9 Å². The van der Waals surface area contributed by atoms with E-state index in [1.807, 2.05) is 0 Å². The van der Waals surface area contributed by atoms with Gasteiger partial charge in [0.15, 0.2) is 0 Å². The first kappa shape index (κ1) is 25.6. The molecular formula is C30H39BrHf. The standard InChI is InChI=1S/3C10H13.BrH.Hf/c3*1-10(2,3)9-7-5-4-6-8-9;;/h3*4-8H,1H2,2-3H3;1H;/q;;;;+1/p-1. The van der Waals surface area contributed by atoms with Crippen LogP contribution in [0.5, 0.6) is 0 Å². The molecule has 0 aromatic heterocycles. The third-order valence-corrected chi connectivity index (χ3v) is 30.2. The summed E-state index contributed by atoms with van der Waals surface area (Å²) in [7, 11) is 0. The molecule has 0 radical (unpaired) electrons. The minimum absolute atomic E-state index is 0.159. The normalized spacial score (nSPS) is 13.2. The maximum absolute atomic E-state index is 4.61. The van der Waals surface area contributed by atoms with Gasteiger partial charge < -0.3 is 0 Å². The third-order valence-electron chi connectivity index (χ3n) is 6.94. The van der Waals surface area contributed by atoms with Crippen LogP contribution in [0.1, 0.15) is 58.2 Å². The molecule has 3 aromatic carbocycles. The molecular weight excluding hydrogens is 619 g/mol. The summed E-state index contributed by atoms with van der Waals surface area (Å²) in [4.78, 5) is 0. The topological polar surface area (TPSA) is 0 Å². The van der Waals surface area contributed by atoms with Crippen LogP contribution in [0.25, 0.3) is 0 Å². The van der Waals surface area contributed by atoms with Crippen molar-refractivity contribution in [1.29, 1.82) is 0 Å². The maximum atomic E-state index is 4.61. The molecule has 0 aliphatic carbocycles.